The molecular weight excluding hydrogens is 398 g/mol. The second kappa shape index (κ2) is 6.50. The number of hydrogen-bond donors (Lipinski definition) is 3. The van der Waals surface area contributed by atoms with Gasteiger partial charge in [0.1, 0.15) is 5.54 Å². The monoisotopic (exact) mass is 419 g/mol. The number of rotatable bonds is 3. The Morgan fingerprint density at radius 1 is 1.34 bits per heavy atom. The summed E-state index contributed by atoms with van der Waals surface area (Å²) < 4.78 is 5.61. The highest BCUT2D eigenvalue weighted by Crippen LogP contribution is 2.54. The van der Waals surface area contributed by atoms with E-state index in [2.05, 4.69) is 10.6 Å². The number of carbonyl (C=O) groups is 3. The highest BCUT2D eigenvalue weighted by molar-refractivity contribution is 6.35. The minimum atomic E-state index is -1.44. The minimum Gasteiger partial charge on any atom is -0.392 e. The van der Waals surface area contributed by atoms with E-state index in [1.165, 1.54) is 4.90 Å². The Morgan fingerprint density at radius 3 is 2.83 bits per heavy atom. The van der Waals surface area contributed by atoms with Crippen molar-refractivity contribution in [1.82, 2.24) is 10.2 Å². The second-order valence-corrected chi connectivity index (χ2v) is 8.67. The van der Waals surface area contributed by atoms with Crippen molar-refractivity contribution in [3.8, 4) is 0 Å². The largest absolute Gasteiger partial charge is 0.392 e. The van der Waals surface area contributed by atoms with Gasteiger partial charge in [-0.1, -0.05) is 23.7 Å². The van der Waals surface area contributed by atoms with Crippen LogP contribution in [0.4, 0.5) is 5.69 Å². The van der Waals surface area contributed by atoms with E-state index in [9.17, 15) is 19.5 Å². The van der Waals surface area contributed by atoms with E-state index in [0.29, 0.717) is 22.9 Å². The fraction of sp³-hybridized carbons (Fsp3) is 0.550. The number of imide groups is 1. The normalized spacial score (nSPS) is 36.7. The van der Waals surface area contributed by atoms with Crippen molar-refractivity contribution in [2.45, 2.75) is 43.6 Å². The second-order valence-electron chi connectivity index (χ2n) is 8.26. The van der Waals surface area contributed by atoms with Crippen LogP contribution in [0.5, 0.6) is 0 Å². The smallest absolute Gasteiger partial charge is 0.250 e. The highest BCUT2D eigenvalue weighted by atomic mass is 35.5. The lowest BCUT2D eigenvalue weighted by molar-refractivity contribution is -0.144. The van der Waals surface area contributed by atoms with Gasteiger partial charge >= 0.3 is 0 Å². The molecule has 0 radical (unpaired) electrons. The van der Waals surface area contributed by atoms with E-state index in [4.69, 9.17) is 16.3 Å². The molecule has 4 heterocycles. The van der Waals surface area contributed by atoms with Crippen LogP contribution in [-0.4, -0.2) is 59.1 Å². The number of nitrogens with one attached hydrogen (secondary N) is 2. The molecule has 8 nitrogen and oxygen atoms in total. The van der Waals surface area contributed by atoms with Gasteiger partial charge in [-0.3, -0.25) is 24.6 Å². The Balaban J connectivity index is 1.61. The summed E-state index contributed by atoms with van der Waals surface area (Å²) >= 11 is 6.27. The van der Waals surface area contributed by atoms with Crippen molar-refractivity contribution in [2.75, 3.05) is 18.5 Å². The van der Waals surface area contributed by atoms with E-state index in [1.807, 2.05) is 0 Å². The number of aliphatic hydroxyl groups is 1. The van der Waals surface area contributed by atoms with Gasteiger partial charge in [0.15, 0.2) is 0 Å². The zero-order valence-corrected chi connectivity index (χ0v) is 16.6. The Labute approximate surface area is 172 Å². The number of nitrogens with zero attached hydrogens (tertiary/aromatic N) is 1. The Morgan fingerprint density at radius 2 is 2.14 bits per heavy atom. The van der Waals surface area contributed by atoms with Crippen LogP contribution in [0.3, 0.4) is 0 Å². The maximum atomic E-state index is 13.5. The van der Waals surface area contributed by atoms with Crippen LogP contribution >= 0.6 is 11.6 Å². The maximum Gasteiger partial charge on any atom is 0.250 e. The first-order chi connectivity index (χ1) is 13.9. The molecule has 1 spiro atoms. The van der Waals surface area contributed by atoms with Crippen molar-refractivity contribution in [3.63, 3.8) is 0 Å². The molecule has 154 valence electrons. The molecule has 3 saturated heterocycles. The van der Waals surface area contributed by atoms with Gasteiger partial charge in [-0.15, -0.1) is 0 Å². The van der Waals surface area contributed by atoms with Crippen LogP contribution in [0.15, 0.2) is 18.2 Å². The van der Waals surface area contributed by atoms with E-state index in [-0.39, 0.29) is 18.6 Å². The molecule has 0 saturated carbocycles. The molecule has 6 atom stereocenters. The standard InChI is InChI=1S/C20H22ClN3O5/c1-9(25)15-13-14(18(27)24(17(13)26)8-10-4-3-7-29-10)20(23-15)11-5-2-6-12(21)16(11)22-19(20)28/h2,5-6,9-10,13-15,23,25H,3-4,7-8H2,1H3,(H,22,28)/t9-,10-,13+,14-,15-,20-/m0/s1. The number of benzene rings is 1. The lowest BCUT2D eigenvalue weighted by atomic mass is 9.76. The summed E-state index contributed by atoms with van der Waals surface area (Å²) in [5.41, 5.74) is -0.465. The highest BCUT2D eigenvalue weighted by Gasteiger charge is 2.71. The van der Waals surface area contributed by atoms with Gasteiger partial charge in [-0.2, -0.15) is 0 Å². The average Bonchev–Trinajstić information content (AvgIpc) is 3.42. The van der Waals surface area contributed by atoms with Gasteiger partial charge in [-0.05, 0) is 25.8 Å². The molecule has 1 aromatic carbocycles. The van der Waals surface area contributed by atoms with Crippen LogP contribution in [0.2, 0.25) is 5.02 Å². The first-order valence-corrected chi connectivity index (χ1v) is 10.3. The molecular formula is C20H22ClN3O5. The molecule has 0 aliphatic carbocycles. The van der Waals surface area contributed by atoms with E-state index < -0.39 is 41.3 Å². The predicted octanol–water partition coefficient (Wildman–Crippen LogP) is 0.620. The summed E-state index contributed by atoms with van der Waals surface area (Å²) in [4.78, 5) is 41.2. The number of hydrogen-bond acceptors (Lipinski definition) is 6. The zero-order valence-electron chi connectivity index (χ0n) is 15.9. The number of ether oxygens (including phenoxy) is 1. The number of anilines is 1. The SMILES string of the molecule is C[C@H](O)[C@@H]1N[C@]2(C(=O)Nc3c(Cl)cccc32)[C@@H]2C(=O)N(C[C@@H]3CCCO3)C(=O)[C@@H]12. The Kier molecular flexibility index (Phi) is 4.26. The third-order valence-corrected chi connectivity index (χ3v) is 6.97. The summed E-state index contributed by atoms with van der Waals surface area (Å²) in [7, 11) is 0. The van der Waals surface area contributed by atoms with E-state index in [1.54, 1.807) is 25.1 Å². The van der Waals surface area contributed by atoms with Crippen LogP contribution in [0.25, 0.3) is 0 Å². The molecule has 4 aliphatic heterocycles. The fourth-order valence-corrected chi connectivity index (χ4v) is 5.59. The van der Waals surface area contributed by atoms with Crippen LogP contribution in [0, 0.1) is 11.8 Å². The lowest BCUT2D eigenvalue weighted by Gasteiger charge is -2.30. The summed E-state index contributed by atoms with van der Waals surface area (Å²) in [5.74, 6) is -2.99. The average molecular weight is 420 g/mol. The van der Waals surface area contributed by atoms with Crippen molar-refractivity contribution >= 4 is 35.0 Å². The lowest BCUT2D eigenvalue weighted by Crippen LogP contribution is -2.55. The Bertz CT molecular complexity index is 915. The molecule has 4 aliphatic rings. The van der Waals surface area contributed by atoms with Gasteiger partial charge < -0.3 is 15.2 Å². The zero-order chi connectivity index (χ0) is 20.5. The molecule has 3 N–H and O–H groups in total. The van der Waals surface area contributed by atoms with Gasteiger partial charge in [0.25, 0.3) is 0 Å². The fourth-order valence-electron chi connectivity index (χ4n) is 5.37. The molecule has 9 heteroatoms. The van der Waals surface area contributed by atoms with Gasteiger partial charge in [0, 0.05) is 18.2 Å². The van der Waals surface area contributed by atoms with Crippen molar-refractivity contribution in [1.29, 1.82) is 0 Å². The Hall–Kier alpha value is -2.00. The van der Waals surface area contributed by atoms with Crippen molar-refractivity contribution < 1.29 is 24.2 Å². The molecule has 5 rings (SSSR count). The number of amides is 3. The number of para-hydroxylation sites is 1. The summed E-state index contributed by atoms with van der Waals surface area (Å²) in [6.07, 6.45) is 0.561. The first-order valence-electron chi connectivity index (χ1n) is 9.89. The topological polar surface area (TPSA) is 108 Å². The number of likely N-dealkylation sites (tertiary alicyclic amines) is 1. The van der Waals surface area contributed by atoms with Crippen molar-refractivity contribution in [2.24, 2.45) is 11.8 Å². The number of carbonyl (C=O) groups excluding carboxylic acids is 3. The molecule has 0 aromatic heterocycles. The maximum absolute atomic E-state index is 13.5. The molecule has 3 amide bonds. The van der Waals surface area contributed by atoms with Crippen LogP contribution in [-0.2, 0) is 24.7 Å². The van der Waals surface area contributed by atoms with E-state index in [0.717, 1.165) is 12.8 Å². The summed E-state index contributed by atoms with van der Waals surface area (Å²) in [6, 6.07) is 4.36. The third-order valence-electron chi connectivity index (χ3n) is 6.66. The molecule has 0 bridgehead atoms. The molecule has 0 unspecified atom stereocenters. The van der Waals surface area contributed by atoms with Crippen LogP contribution < -0.4 is 10.6 Å². The summed E-state index contributed by atoms with van der Waals surface area (Å²) in [5, 5.41) is 16.7. The van der Waals surface area contributed by atoms with Gasteiger partial charge in [-0.25, -0.2) is 0 Å². The quantitative estimate of drug-likeness (QED) is 0.620. The summed E-state index contributed by atoms with van der Waals surface area (Å²) in [6.45, 7) is 2.35. The minimum absolute atomic E-state index is 0.178. The third kappa shape index (κ3) is 2.46. The number of halogens is 1. The number of aliphatic hydroxyl groups excluding tert-OH is 1. The predicted molar refractivity (Wildman–Crippen MR) is 103 cm³/mol. The molecule has 3 fully saturated rings. The van der Waals surface area contributed by atoms with Crippen LogP contribution in [0.1, 0.15) is 25.3 Å². The van der Waals surface area contributed by atoms with Gasteiger partial charge in [0.05, 0.1) is 41.3 Å². The van der Waals surface area contributed by atoms with Gasteiger partial charge in [0.2, 0.25) is 17.7 Å². The number of fused-ring (bicyclic) bond motifs is 4. The van der Waals surface area contributed by atoms with Crippen molar-refractivity contribution in [3.05, 3.63) is 28.8 Å². The molecule has 1 aromatic rings. The first kappa shape index (κ1) is 19.0. The van der Waals surface area contributed by atoms with E-state index >= 15 is 0 Å². The molecule has 29 heavy (non-hydrogen) atoms.